The van der Waals surface area contributed by atoms with Gasteiger partial charge in [0.15, 0.2) is 0 Å². The molecule has 0 bridgehead atoms. The predicted octanol–water partition coefficient (Wildman–Crippen LogP) is 0.209. The molecule has 0 radical (unpaired) electrons. The molecule has 92 valence electrons. The minimum atomic E-state index is -0.594. The minimum absolute atomic E-state index is 0.381. The molecule has 1 saturated heterocycles. The number of hydrogen-bond donors (Lipinski definition) is 0. The second kappa shape index (κ2) is 4.91. The normalized spacial score (nSPS) is 15.9. The molecule has 8 heteroatoms. The van der Waals surface area contributed by atoms with Gasteiger partial charge in [-0.3, -0.25) is 0 Å². The number of anilines is 1. The highest BCUT2D eigenvalue weighted by Gasteiger charge is 2.26. The van der Waals surface area contributed by atoms with Crippen LogP contribution in [0.5, 0.6) is 0 Å². The number of ether oxygens (including phenoxy) is 1. The third kappa shape index (κ3) is 2.41. The van der Waals surface area contributed by atoms with Crippen molar-refractivity contribution in [2.45, 2.75) is 6.54 Å². The zero-order valence-electron chi connectivity index (χ0n) is 9.28. The van der Waals surface area contributed by atoms with Gasteiger partial charge in [0.05, 0.1) is 19.8 Å². The summed E-state index contributed by atoms with van der Waals surface area (Å²) in [6, 6.07) is 0. The molecule has 0 atom stereocenters. The van der Waals surface area contributed by atoms with Crippen LogP contribution >= 0.6 is 0 Å². The zero-order chi connectivity index (χ0) is 12.3. The van der Waals surface area contributed by atoms with Crippen molar-refractivity contribution in [1.82, 2.24) is 14.8 Å². The number of nitro groups is 1. The van der Waals surface area contributed by atoms with Gasteiger partial charge in [0.25, 0.3) is 0 Å². The van der Waals surface area contributed by atoms with E-state index in [2.05, 4.69) is 16.7 Å². The largest absolute Gasteiger partial charge is 0.493 e. The van der Waals surface area contributed by atoms with Crippen LogP contribution in [0.3, 0.4) is 0 Å². The van der Waals surface area contributed by atoms with Crippen LogP contribution in [-0.4, -0.2) is 46.0 Å². The van der Waals surface area contributed by atoms with Gasteiger partial charge in [-0.25, -0.2) is 0 Å². The van der Waals surface area contributed by atoms with Crippen LogP contribution in [0.2, 0.25) is 0 Å². The second-order valence-corrected chi connectivity index (χ2v) is 3.54. The molecule has 0 saturated carbocycles. The molecule has 1 aromatic heterocycles. The fourth-order valence-electron chi connectivity index (χ4n) is 1.64. The van der Waals surface area contributed by atoms with Crippen molar-refractivity contribution < 1.29 is 9.66 Å². The Hall–Kier alpha value is -1.96. The summed E-state index contributed by atoms with van der Waals surface area (Å²) in [7, 11) is 0. The van der Waals surface area contributed by atoms with Crippen LogP contribution in [0.1, 0.15) is 0 Å². The van der Waals surface area contributed by atoms with Crippen LogP contribution in [-0.2, 0) is 11.3 Å². The number of hydrogen-bond acceptors (Lipinski definition) is 6. The van der Waals surface area contributed by atoms with Gasteiger partial charge in [-0.1, -0.05) is 6.08 Å². The standard InChI is InChI=1S/C9H13N5O3/c1-2-3-13-9(10-8(11-13)14(15)16)12-4-6-17-7-5-12/h2H,1,3-7H2. The summed E-state index contributed by atoms with van der Waals surface area (Å²) >= 11 is 0. The smallest absolute Gasteiger partial charge is 0.390 e. The molecule has 0 aromatic carbocycles. The van der Waals surface area contributed by atoms with E-state index in [-0.39, 0.29) is 5.95 Å². The van der Waals surface area contributed by atoms with Gasteiger partial charge < -0.3 is 19.8 Å². The molecule has 0 aliphatic carbocycles. The maximum Gasteiger partial charge on any atom is 0.493 e. The van der Waals surface area contributed by atoms with E-state index in [4.69, 9.17) is 4.74 Å². The molecule has 2 heterocycles. The summed E-state index contributed by atoms with van der Waals surface area (Å²) in [6.07, 6.45) is 1.63. The maximum absolute atomic E-state index is 10.7. The Morgan fingerprint density at radius 2 is 2.24 bits per heavy atom. The molecule has 0 amide bonds. The van der Waals surface area contributed by atoms with Crippen molar-refractivity contribution in [2.24, 2.45) is 0 Å². The van der Waals surface area contributed by atoms with E-state index in [1.807, 2.05) is 4.90 Å². The first-order valence-electron chi connectivity index (χ1n) is 5.25. The van der Waals surface area contributed by atoms with Gasteiger partial charge in [-0.2, -0.15) is 0 Å². The Balaban J connectivity index is 2.28. The molecule has 17 heavy (non-hydrogen) atoms. The molecule has 1 aliphatic heterocycles. The van der Waals surface area contributed by atoms with Crippen molar-refractivity contribution >= 4 is 11.9 Å². The summed E-state index contributed by atoms with van der Waals surface area (Å²) in [4.78, 5) is 15.9. The third-order valence-corrected chi connectivity index (χ3v) is 2.40. The summed E-state index contributed by atoms with van der Waals surface area (Å²) in [5, 5.41) is 14.5. The van der Waals surface area contributed by atoms with E-state index in [1.165, 1.54) is 4.68 Å². The van der Waals surface area contributed by atoms with Crippen molar-refractivity contribution in [3.8, 4) is 0 Å². The van der Waals surface area contributed by atoms with E-state index < -0.39 is 4.92 Å². The Bertz CT molecular complexity index is 424. The van der Waals surface area contributed by atoms with E-state index in [0.29, 0.717) is 38.8 Å². The summed E-state index contributed by atoms with van der Waals surface area (Å²) in [5.74, 6) is 0.119. The van der Waals surface area contributed by atoms with Crippen LogP contribution in [0.25, 0.3) is 0 Å². The van der Waals surface area contributed by atoms with E-state index in [0.717, 1.165) is 0 Å². The van der Waals surface area contributed by atoms with E-state index >= 15 is 0 Å². The van der Waals surface area contributed by atoms with Crippen molar-refractivity contribution in [3.63, 3.8) is 0 Å². The number of rotatable bonds is 4. The lowest BCUT2D eigenvalue weighted by Crippen LogP contribution is -2.38. The lowest BCUT2D eigenvalue weighted by atomic mass is 10.4. The van der Waals surface area contributed by atoms with Crippen LogP contribution < -0.4 is 4.90 Å². The van der Waals surface area contributed by atoms with Crippen LogP contribution in [0.15, 0.2) is 12.7 Å². The highest BCUT2D eigenvalue weighted by Crippen LogP contribution is 2.17. The second-order valence-electron chi connectivity index (χ2n) is 3.54. The number of nitrogens with zero attached hydrogens (tertiary/aromatic N) is 5. The predicted molar refractivity (Wildman–Crippen MR) is 59.9 cm³/mol. The average molecular weight is 239 g/mol. The molecule has 2 rings (SSSR count). The van der Waals surface area contributed by atoms with Gasteiger partial charge in [-0.15, -0.1) is 11.3 Å². The van der Waals surface area contributed by atoms with Gasteiger partial charge in [-0.05, 0) is 9.91 Å². The quantitative estimate of drug-likeness (QED) is 0.424. The fourth-order valence-corrected chi connectivity index (χ4v) is 1.64. The first-order valence-corrected chi connectivity index (χ1v) is 5.25. The average Bonchev–Trinajstić information content (AvgIpc) is 2.75. The lowest BCUT2D eigenvalue weighted by molar-refractivity contribution is -0.394. The number of morpholine rings is 1. The first-order chi connectivity index (χ1) is 8.22. The molecule has 1 aromatic rings. The number of aromatic nitrogens is 3. The molecule has 0 unspecified atom stereocenters. The molecule has 0 spiro atoms. The maximum atomic E-state index is 10.7. The number of allylic oxidation sites excluding steroid dienone is 1. The molecule has 8 nitrogen and oxygen atoms in total. The topological polar surface area (TPSA) is 86.3 Å². The monoisotopic (exact) mass is 239 g/mol. The molecule has 1 aliphatic rings. The van der Waals surface area contributed by atoms with Gasteiger partial charge in [0, 0.05) is 18.2 Å². The lowest BCUT2D eigenvalue weighted by Gasteiger charge is -2.25. The van der Waals surface area contributed by atoms with Crippen LogP contribution in [0, 0.1) is 10.1 Å². The van der Waals surface area contributed by atoms with E-state index in [1.54, 1.807) is 6.08 Å². The Labute approximate surface area is 97.6 Å². The highest BCUT2D eigenvalue weighted by atomic mass is 16.6. The molecular weight excluding hydrogens is 226 g/mol. The molecule has 1 fully saturated rings. The van der Waals surface area contributed by atoms with Crippen molar-refractivity contribution in [1.29, 1.82) is 0 Å². The SMILES string of the molecule is C=CCn1nc([N+](=O)[O-])nc1N1CCOCC1. The fraction of sp³-hybridized carbons (Fsp3) is 0.556. The van der Waals surface area contributed by atoms with Crippen molar-refractivity contribution in [2.75, 3.05) is 31.2 Å². The van der Waals surface area contributed by atoms with Gasteiger partial charge in [0.2, 0.25) is 0 Å². The Morgan fingerprint density at radius 3 is 2.82 bits per heavy atom. The Morgan fingerprint density at radius 1 is 1.53 bits per heavy atom. The highest BCUT2D eigenvalue weighted by molar-refractivity contribution is 5.34. The van der Waals surface area contributed by atoms with E-state index in [9.17, 15) is 10.1 Å². The summed E-state index contributed by atoms with van der Waals surface area (Å²) in [5.41, 5.74) is 0. The Kier molecular flexibility index (Phi) is 3.33. The van der Waals surface area contributed by atoms with Gasteiger partial charge >= 0.3 is 11.9 Å². The molecular formula is C9H13N5O3. The molecule has 0 N–H and O–H groups in total. The summed E-state index contributed by atoms with van der Waals surface area (Å²) < 4.78 is 6.70. The zero-order valence-corrected chi connectivity index (χ0v) is 9.28. The van der Waals surface area contributed by atoms with Crippen LogP contribution in [0.4, 0.5) is 11.9 Å². The third-order valence-electron chi connectivity index (χ3n) is 2.40. The first kappa shape index (κ1) is 11.5. The van der Waals surface area contributed by atoms with Crippen molar-refractivity contribution in [3.05, 3.63) is 22.8 Å². The summed E-state index contributed by atoms with van der Waals surface area (Å²) in [6.45, 7) is 6.49. The van der Waals surface area contributed by atoms with Gasteiger partial charge in [0.1, 0.15) is 0 Å². The minimum Gasteiger partial charge on any atom is -0.390 e.